The highest BCUT2D eigenvalue weighted by Gasteiger charge is 2.18. The second-order valence-corrected chi connectivity index (χ2v) is 5.70. The Labute approximate surface area is 112 Å². The third-order valence-electron chi connectivity index (χ3n) is 3.70. The van der Waals surface area contributed by atoms with Crippen LogP contribution in [0.25, 0.3) is 5.65 Å². The Hall–Kier alpha value is -1.06. The smallest absolute Gasteiger partial charge is 0.155 e. The van der Waals surface area contributed by atoms with E-state index in [9.17, 15) is 0 Å². The molecule has 0 aliphatic carbocycles. The van der Waals surface area contributed by atoms with Crippen LogP contribution in [0, 0.1) is 5.92 Å². The molecule has 0 saturated carbocycles. The van der Waals surface area contributed by atoms with Gasteiger partial charge in [0.15, 0.2) is 5.65 Å². The van der Waals surface area contributed by atoms with Crippen molar-refractivity contribution in [3.63, 3.8) is 0 Å². The molecule has 0 aromatic carbocycles. The lowest BCUT2D eigenvalue weighted by atomic mass is 9.94. The van der Waals surface area contributed by atoms with E-state index in [0.29, 0.717) is 0 Å². The number of pyridine rings is 1. The lowest BCUT2D eigenvalue weighted by Gasteiger charge is -2.29. The predicted molar refractivity (Wildman–Crippen MR) is 74.1 cm³/mol. The highest BCUT2D eigenvalue weighted by Crippen LogP contribution is 2.21. The Morgan fingerprint density at radius 2 is 2.39 bits per heavy atom. The zero-order chi connectivity index (χ0) is 12.5. The fourth-order valence-corrected chi connectivity index (χ4v) is 3.08. The van der Waals surface area contributed by atoms with E-state index in [1.165, 1.54) is 25.9 Å². The molecular formula is C14H18ClN3. The molecule has 1 fully saturated rings. The second-order valence-electron chi connectivity index (χ2n) is 5.29. The summed E-state index contributed by atoms with van der Waals surface area (Å²) in [5.74, 6) is 0.729. The van der Waals surface area contributed by atoms with Crippen molar-refractivity contribution < 1.29 is 0 Å². The van der Waals surface area contributed by atoms with Crippen LogP contribution >= 0.6 is 11.6 Å². The van der Waals surface area contributed by atoms with E-state index in [1.807, 2.05) is 22.7 Å². The zero-order valence-electron chi connectivity index (χ0n) is 10.6. The summed E-state index contributed by atoms with van der Waals surface area (Å²) in [6.07, 6.45) is 7.78. The van der Waals surface area contributed by atoms with Gasteiger partial charge < -0.3 is 9.30 Å². The quantitative estimate of drug-likeness (QED) is 0.831. The van der Waals surface area contributed by atoms with Crippen LogP contribution in [0.4, 0.5) is 0 Å². The van der Waals surface area contributed by atoms with Crippen molar-refractivity contribution in [2.75, 3.05) is 20.1 Å². The normalized spacial score (nSPS) is 21.6. The molecule has 1 saturated heterocycles. The number of nitrogens with zero attached hydrogens (tertiary/aromatic N) is 3. The first-order chi connectivity index (χ1) is 8.72. The number of piperidine rings is 1. The monoisotopic (exact) mass is 263 g/mol. The molecule has 0 amide bonds. The molecule has 2 aromatic rings. The molecule has 1 unspecified atom stereocenters. The average molecular weight is 264 g/mol. The highest BCUT2D eigenvalue weighted by atomic mass is 35.5. The van der Waals surface area contributed by atoms with Gasteiger partial charge in [0.1, 0.15) is 0 Å². The van der Waals surface area contributed by atoms with Gasteiger partial charge in [0, 0.05) is 18.9 Å². The van der Waals surface area contributed by atoms with E-state index in [-0.39, 0.29) is 0 Å². The van der Waals surface area contributed by atoms with Gasteiger partial charge in [0.05, 0.1) is 10.7 Å². The summed E-state index contributed by atoms with van der Waals surface area (Å²) in [4.78, 5) is 7.06. The van der Waals surface area contributed by atoms with Crippen LogP contribution in [0.5, 0.6) is 0 Å². The molecule has 0 N–H and O–H groups in total. The molecule has 2 aromatic heterocycles. The lowest BCUT2D eigenvalue weighted by Crippen LogP contribution is -2.33. The fraction of sp³-hybridized carbons (Fsp3) is 0.500. The Morgan fingerprint density at radius 1 is 1.50 bits per heavy atom. The summed E-state index contributed by atoms with van der Waals surface area (Å²) in [7, 11) is 2.20. The summed E-state index contributed by atoms with van der Waals surface area (Å²) in [5, 5.41) is 0.726. The van der Waals surface area contributed by atoms with Crippen LogP contribution in [0.15, 0.2) is 24.5 Å². The maximum atomic E-state index is 6.14. The van der Waals surface area contributed by atoms with Crippen LogP contribution < -0.4 is 0 Å². The number of hydrogen-bond donors (Lipinski definition) is 0. The van der Waals surface area contributed by atoms with Gasteiger partial charge in [-0.3, -0.25) is 0 Å². The molecule has 0 radical (unpaired) electrons. The van der Waals surface area contributed by atoms with Crippen molar-refractivity contribution in [3.8, 4) is 0 Å². The van der Waals surface area contributed by atoms with Gasteiger partial charge in [-0.05, 0) is 50.9 Å². The molecule has 0 bridgehead atoms. The summed E-state index contributed by atoms with van der Waals surface area (Å²) in [5.41, 5.74) is 2.03. The third-order valence-corrected chi connectivity index (χ3v) is 4.00. The van der Waals surface area contributed by atoms with Crippen LogP contribution in [0.2, 0.25) is 5.02 Å². The summed E-state index contributed by atoms with van der Waals surface area (Å²) < 4.78 is 2.02. The van der Waals surface area contributed by atoms with Gasteiger partial charge in [0.25, 0.3) is 0 Å². The molecule has 1 aliphatic heterocycles. The first-order valence-electron chi connectivity index (χ1n) is 6.53. The topological polar surface area (TPSA) is 20.5 Å². The van der Waals surface area contributed by atoms with Crippen LogP contribution in [-0.4, -0.2) is 34.4 Å². The van der Waals surface area contributed by atoms with Crippen LogP contribution in [-0.2, 0) is 6.42 Å². The van der Waals surface area contributed by atoms with Crippen LogP contribution in [0.1, 0.15) is 18.5 Å². The highest BCUT2D eigenvalue weighted by molar-refractivity contribution is 6.33. The average Bonchev–Trinajstić information content (AvgIpc) is 2.73. The largest absolute Gasteiger partial charge is 0.306 e. The molecule has 4 heteroatoms. The molecule has 3 nitrogen and oxygen atoms in total. The van der Waals surface area contributed by atoms with Crippen molar-refractivity contribution >= 4 is 17.2 Å². The molecule has 96 valence electrons. The van der Waals surface area contributed by atoms with Crippen LogP contribution in [0.3, 0.4) is 0 Å². The number of halogens is 1. The standard InChI is InChI=1S/C14H18ClN3/c1-17-6-2-4-11(9-17)8-12-10-18-7-3-5-13(15)14(18)16-12/h3,5,7,10-11H,2,4,6,8-9H2,1H3. The zero-order valence-corrected chi connectivity index (χ0v) is 11.4. The fourth-order valence-electron chi connectivity index (χ4n) is 2.86. The van der Waals surface area contributed by atoms with Crippen molar-refractivity contribution in [1.82, 2.24) is 14.3 Å². The van der Waals surface area contributed by atoms with Gasteiger partial charge in [-0.2, -0.15) is 0 Å². The summed E-state index contributed by atoms with van der Waals surface area (Å²) in [6, 6.07) is 3.84. The number of likely N-dealkylation sites (tertiary alicyclic amines) is 1. The van der Waals surface area contributed by atoms with E-state index in [0.717, 1.165) is 28.7 Å². The minimum absolute atomic E-state index is 0.726. The Balaban J connectivity index is 1.80. The molecule has 18 heavy (non-hydrogen) atoms. The molecule has 1 aliphatic rings. The van der Waals surface area contributed by atoms with Crippen molar-refractivity contribution in [2.45, 2.75) is 19.3 Å². The maximum Gasteiger partial charge on any atom is 0.155 e. The summed E-state index contributed by atoms with van der Waals surface area (Å²) in [6.45, 7) is 2.41. The number of rotatable bonds is 2. The summed E-state index contributed by atoms with van der Waals surface area (Å²) >= 11 is 6.14. The van der Waals surface area contributed by atoms with E-state index < -0.39 is 0 Å². The van der Waals surface area contributed by atoms with Gasteiger partial charge in [0.2, 0.25) is 0 Å². The number of hydrogen-bond acceptors (Lipinski definition) is 2. The van der Waals surface area contributed by atoms with E-state index in [1.54, 1.807) is 0 Å². The Kier molecular flexibility index (Phi) is 3.27. The Bertz CT molecular complexity index is 549. The lowest BCUT2D eigenvalue weighted by molar-refractivity contribution is 0.208. The maximum absolute atomic E-state index is 6.14. The van der Waals surface area contributed by atoms with E-state index >= 15 is 0 Å². The number of imidazole rings is 1. The molecule has 3 rings (SSSR count). The van der Waals surface area contributed by atoms with Crippen molar-refractivity contribution in [1.29, 1.82) is 0 Å². The first kappa shape index (κ1) is 12.0. The molecule has 3 heterocycles. The minimum atomic E-state index is 0.726. The first-order valence-corrected chi connectivity index (χ1v) is 6.91. The third kappa shape index (κ3) is 2.38. The minimum Gasteiger partial charge on any atom is -0.306 e. The van der Waals surface area contributed by atoms with Gasteiger partial charge in [-0.1, -0.05) is 11.6 Å². The van der Waals surface area contributed by atoms with Crippen molar-refractivity contribution in [2.24, 2.45) is 5.92 Å². The molecule has 0 spiro atoms. The van der Waals surface area contributed by atoms with Gasteiger partial charge in [-0.25, -0.2) is 4.98 Å². The second kappa shape index (κ2) is 4.90. The number of fused-ring (bicyclic) bond motifs is 1. The van der Waals surface area contributed by atoms with E-state index in [4.69, 9.17) is 11.6 Å². The Morgan fingerprint density at radius 3 is 3.17 bits per heavy atom. The SMILES string of the molecule is CN1CCCC(Cc2cn3cccc(Cl)c3n2)C1. The number of aromatic nitrogens is 2. The predicted octanol–water partition coefficient (Wildman–Crippen LogP) is 2.87. The van der Waals surface area contributed by atoms with Crippen molar-refractivity contribution in [3.05, 3.63) is 35.2 Å². The molecular weight excluding hydrogens is 246 g/mol. The van der Waals surface area contributed by atoms with E-state index in [2.05, 4.69) is 23.1 Å². The van der Waals surface area contributed by atoms with Gasteiger partial charge >= 0.3 is 0 Å². The van der Waals surface area contributed by atoms with Gasteiger partial charge in [-0.15, -0.1) is 0 Å². The molecule has 1 atom stereocenters.